The van der Waals surface area contributed by atoms with E-state index in [-0.39, 0.29) is 18.4 Å². The van der Waals surface area contributed by atoms with Gasteiger partial charge in [0.2, 0.25) is 0 Å². The van der Waals surface area contributed by atoms with Crippen molar-refractivity contribution in [2.45, 2.75) is 0 Å². The van der Waals surface area contributed by atoms with Crippen molar-refractivity contribution < 1.29 is 14.3 Å². The van der Waals surface area contributed by atoms with Crippen LogP contribution in [-0.2, 0) is 4.79 Å². The van der Waals surface area contributed by atoms with Gasteiger partial charge in [-0.1, -0.05) is 22.0 Å². The fourth-order valence-corrected chi connectivity index (χ4v) is 2.86. The number of anilines is 2. The highest BCUT2D eigenvalue weighted by molar-refractivity contribution is 9.10. The van der Waals surface area contributed by atoms with Crippen LogP contribution < -0.4 is 15.4 Å². The number of nitrogens with one attached hydrogen (secondary N) is 2. The summed E-state index contributed by atoms with van der Waals surface area (Å²) in [5.41, 5.74) is 0.938. The van der Waals surface area contributed by atoms with E-state index in [1.165, 1.54) is 11.3 Å². The van der Waals surface area contributed by atoms with Gasteiger partial charge in [0.1, 0.15) is 5.75 Å². The molecule has 0 unspecified atom stereocenters. The molecule has 2 aromatic carbocycles. The number of ether oxygens (including phenoxy) is 1. The summed E-state index contributed by atoms with van der Waals surface area (Å²) in [6.07, 6.45) is 1.61. The molecule has 0 radical (unpaired) electrons. The standard InChI is InChI=1S/C18H14BrN3O3S/c19-13-4-6-15(7-5-13)25-11-16(23)21-14-3-1-2-12(10-14)17(24)22-18-20-8-9-26-18/h1-10H,11H2,(H,21,23)(H,20,22,24). The van der Waals surface area contributed by atoms with E-state index in [4.69, 9.17) is 4.74 Å². The Kier molecular flexibility index (Phi) is 5.98. The van der Waals surface area contributed by atoms with E-state index in [0.29, 0.717) is 22.1 Å². The van der Waals surface area contributed by atoms with Gasteiger partial charge >= 0.3 is 0 Å². The number of nitrogens with zero attached hydrogens (tertiary/aromatic N) is 1. The van der Waals surface area contributed by atoms with E-state index in [0.717, 1.165) is 4.47 Å². The van der Waals surface area contributed by atoms with Crippen LogP contribution in [-0.4, -0.2) is 23.4 Å². The molecule has 1 aromatic heterocycles. The molecule has 0 fully saturated rings. The van der Waals surface area contributed by atoms with Crippen LogP contribution in [0, 0.1) is 0 Å². The van der Waals surface area contributed by atoms with Crippen LogP contribution in [0.2, 0.25) is 0 Å². The van der Waals surface area contributed by atoms with Gasteiger partial charge < -0.3 is 10.1 Å². The van der Waals surface area contributed by atoms with Gasteiger partial charge in [-0.15, -0.1) is 11.3 Å². The third-order valence-corrected chi connectivity index (χ3v) is 4.46. The number of aromatic nitrogens is 1. The molecule has 0 saturated carbocycles. The average Bonchev–Trinajstić information content (AvgIpc) is 3.14. The summed E-state index contributed by atoms with van der Waals surface area (Å²) in [5, 5.41) is 7.70. The zero-order valence-electron chi connectivity index (χ0n) is 13.4. The monoisotopic (exact) mass is 431 g/mol. The molecule has 0 aliphatic carbocycles. The van der Waals surface area contributed by atoms with E-state index in [2.05, 4.69) is 31.5 Å². The molecule has 26 heavy (non-hydrogen) atoms. The van der Waals surface area contributed by atoms with Gasteiger partial charge in [0.05, 0.1) is 0 Å². The number of thiazole rings is 1. The van der Waals surface area contributed by atoms with Crippen molar-refractivity contribution in [3.05, 3.63) is 70.1 Å². The highest BCUT2D eigenvalue weighted by Crippen LogP contribution is 2.17. The molecular formula is C18H14BrN3O3S. The van der Waals surface area contributed by atoms with Gasteiger partial charge in [-0.3, -0.25) is 14.9 Å². The van der Waals surface area contributed by atoms with Crippen LogP contribution in [0.25, 0.3) is 0 Å². The molecule has 8 heteroatoms. The summed E-state index contributed by atoms with van der Waals surface area (Å²) in [5.74, 6) is -0.00696. The van der Waals surface area contributed by atoms with Crippen molar-refractivity contribution >= 4 is 49.9 Å². The quantitative estimate of drug-likeness (QED) is 0.613. The lowest BCUT2D eigenvalue weighted by atomic mass is 10.2. The molecule has 2 amide bonds. The third kappa shape index (κ3) is 5.14. The number of halogens is 1. The van der Waals surface area contributed by atoms with E-state index >= 15 is 0 Å². The van der Waals surface area contributed by atoms with Gasteiger partial charge in [0.15, 0.2) is 11.7 Å². The van der Waals surface area contributed by atoms with E-state index in [9.17, 15) is 9.59 Å². The molecule has 3 rings (SSSR count). The zero-order chi connectivity index (χ0) is 18.4. The molecule has 2 N–H and O–H groups in total. The first kappa shape index (κ1) is 18.1. The second-order valence-electron chi connectivity index (χ2n) is 5.16. The maximum atomic E-state index is 12.2. The lowest BCUT2D eigenvalue weighted by Gasteiger charge is -2.09. The van der Waals surface area contributed by atoms with E-state index in [1.807, 2.05) is 12.1 Å². The van der Waals surface area contributed by atoms with Gasteiger partial charge in [0.25, 0.3) is 11.8 Å². The maximum Gasteiger partial charge on any atom is 0.262 e. The molecule has 0 atom stereocenters. The van der Waals surface area contributed by atoms with Crippen molar-refractivity contribution in [3.63, 3.8) is 0 Å². The second kappa shape index (κ2) is 8.59. The van der Waals surface area contributed by atoms with Gasteiger partial charge in [0, 0.05) is 27.3 Å². The largest absolute Gasteiger partial charge is 0.484 e. The summed E-state index contributed by atoms with van der Waals surface area (Å²) >= 11 is 4.67. The highest BCUT2D eigenvalue weighted by Gasteiger charge is 2.10. The van der Waals surface area contributed by atoms with Crippen molar-refractivity contribution in [1.82, 2.24) is 4.98 Å². The molecule has 0 spiro atoms. The minimum absolute atomic E-state index is 0.128. The normalized spacial score (nSPS) is 10.2. The van der Waals surface area contributed by atoms with Gasteiger partial charge in [-0.05, 0) is 42.5 Å². The average molecular weight is 432 g/mol. The number of benzene rings is 2. The van der Waals surface area contributed by atoms with E-state index in [1.54, 1.807) is 48.0 Å². The Bertz CT molecular complexity index is 898. The first-order chi connectivity index (χ1) is 12.6. The van der Waals surface area contributed by atoms with Crippen molar-refractivity contribution in [1.29, 1.82) is 0 Å². The third-order valence-electron chi connectivity index (χ3n) is 3.24. The lowest BCUT2D eigenvalue weighted by molar-refractivity contribution is -0.118. The molecule has 1 heterocycles. The summed E-state index contributed by atoms with van der Waals surface area (Å²) in [7, 11) is 0. The number of hydrogen-bond donors (Lipinski definition) is 2. The van der Waals surface area contributed by atoms with Gasteiger partial charge in [-0.2, -0.15) is 0 Å². The van der Waals surface area contributed by atoms with Crippen molar-refractivity contribution in [3.8, 4) is 5.75 Å². The zero-order valence-corrected chi connectivity index (χ0v) is 15.8. The predicted molar refractivity (Wildman–Crippen MR) is 105 cm³/mol. The summed E-state index contributed by atoms with van der Waals surface area (Å²) in [6, 6.07) is 13.9. The molecule has 0 bridgehead atoms. The topological polar surface area (TPSA) is 80.3 Å². The Morgan fingerprint density at radius 1 is 1.12 bits per heavy atom. The fraction of sp³-hybridized carbons (Fsp3) is 0.0556. The van der Waals surface area contributed by atoms with Crippen LogP contribution in [0.1, 0.15) is 10.4 Å². The van der Waals surface area contributed by atoms with Crippen molar-refractivity contribution in [2.24, 2.45) is 0 Å². The fourth-order valence-electron chi connectivity index (χ4n) is 2.07. The Balaban J connectivity index is 1.56. The van der Waals surface area contributed by atoms with Gasteiger partial charge in [-0.25, -0.2) is 4.98 Å². The molecule has 3 aromatic rings. The molecule has 6 nitrogen and oxygen atoms in total. The summed E-state index contributed by atoms with van der Waals surface area (Å²) in [4.78, 5) is 28.2. The number of amides is 2. The Morgan fingerprint density at radius 3 is 2.65 bits per heavy atom. The van der Waals surface area contributed by atoms with Crippen LogP contribution >= 0.6 is 27.3 Å². The van der Waals surface area contributed by atoms with Crippen LogP contribution in [0.3, 0.4) is 0 Å². The number of hydrogen-bond acceptors (Lipinski definition) is 5. The molecule has 0 aliphatic rings. The second-order valence-corrected chi connectivity index (χ2v) is 6.97. The van der Waals surface area contributed by atoms with Crippen LogP contribution in [0.4, 0.5) is 10.8 Å². The first-order valence-electron chi connectivity index (χ1n) is 7.59. The summed E-state index contributed by atoms with van der Waals surface area (Å²) < 4.78 is 6.36. The maximum absolute atomic E-state index is 12.2. The smallest absolute Gasteiger partial charge is 0.262 e. The molecular weight excluding hydrogens is 418 g/mol. The van der Waals surface area contributed by atoms with Crippen LogP contribution in [0.5, 0.6) is 5.75 Å². The number of carbonyl (C=O) groups is 2. The highest BCUT2D eigenvalue weighted by atomic mass is 79.9. The Hall–Kier alpha value is -2.71. The predicted octanol–water partition coefficient (Wildman–Crippen LogP) is 4.18. The Labute approximate surface area is 162 Å². The minimum atomic E-state index is -0.314. The van der Waals surface area contributed by atoms with E-state index < -0.39 is 0 Å². The number of carbonyl (C=O) groups excluding carboxylic acids is 2. The SMILES string of the molecule is O=C(COc1ccc(Br)cc1)Nc1cccc(C(=O)Nc2nccs2)c1. The molecule has 0 aliphatic heterocycles. The summed E-state index contributed by atoms with van der Waals surface area (Å²) in [6.45, 7) is -0.128. The Morgan fingerprint density at radius 2 is 1.92 bits per heavy atom. The minimum Gasteiger partial charge on any atom is -0.484 e. The number of rotatable bonds is 6. The molecule has 0 saturated heterocycles. The molecule has 132 valence electrons. The van der Waals surface area contributed by atoms with Crippen LogP contribution in [0.15, 0.2) is 64.6 Å². The first-order valence-corrected chi connectivity index (χ1v) is 9.26. The van der Waals surface area contributed by atoms with Crippen molar-refractivity contribution in [2.75, 3.05) is 17.2 Å². The lowest BCUT2D eigenvalue weighted by Crippen LogP contribution is -2.20.